The predicted octanol–water partition coefficient (Wildman–Crippen LogP) is 4.74. The molecule has 160 valence electrons. The molecule has 1 aromatic heterocycles. The lowest BCUT2D eigenvalue weighted by Crippen LogP contribution is -2.37. The van der Waals surface area contributed by atoms with Gasteiger partial charge in [-0.2, -0.15) is 0 Å². The SMILES string of the molecule is COc1ccccc1OCCCn1c(C(C)NC(=O)C(C)(C)C)nc2ccccc21. The second-order valence-corrected chi connectivity index (χ2v) is 8.41. The topological polar surface area (TPSA) is 65.4 Å². The van der Waals surface area contributed by atoms with Gasteiger partial charge in [0.25, 0.3) is 0 Å². The highest BCUT2D eigenvalue weighted by molar-refractivity contribution is 5.82. The Kier molecular flexibility index (Phi) is 6.65. The zero-order chi connectivity index (χ0) is 21.7. The predicted molar refractivity (Wildman–Crippen MR) is 119 cm³/mol. The third kappa shape index (κ3) is 4.93. The van der Waals surface area contributed by atoms with E-state index in [1.807, 2.05) is 70.2 Å². The lowest BCUT2D eigenvalue weighted by atomic mass is 9.95. The van der Waals surface area contributed by atoms with Crippen LogP contribution < -0.4 is 14.8 Å². The molecule has 1 N–H and O–H groups in total. The van der Waals surface area contributed by atoms with Crippen molar-refractivity contribution in [2.24, 2.45) is 5.41 Å². The highest BCUT2D eigenvalue weighted by atomic mass is 16.5. The van der Waals surface area contributed by atoms with Gasteiger partial charge >= 0.3 is 0 Å². The number of hydrogen-bond acceptors (Lipinski definition) is 4. The van der Waals surface area contributed by atoms with Gasteiger partial charge in [-0.3, -0.25) is 4.79 Å². The minimum absolute atomic E-state index is 0.00751. The maximum atomic E-state index is 12.5. The van der Waals surface area contributed by atoms with Crippen LogP contribution in [0, 0.1) is 5.41 Å². The smallest absolute Gasteiger partial charge is 0.225 e. The molecular formula is C24H31N3O3. The van der Waals surface area contributed by atoms with E-state index in [0.717, 1.165) is 41.3 Å². The molecule has 0 fully saturated rings. The van der Waals surface area contributed by atoms with Gasteiger partial charge < -0.3 is 19.4 Å². The van der Waals surface area contributed by atoms with Crippen molar-refractivity contribution in [1.29, 1.82) is 0 Å². The molecule has 6 heteroatoms. The maximum absolute atomic E-state index is 12.5. The number of ether oxygens (including phenoxy) is 2. The number of nitrogens with one attached hydrogen (secondary N) is 1. The molecule has 0 aliphatic heterocycles. The quantitative estimate of drug-likeness (QED) is 0.546. The summed E-state index contributed by atoms with van der Waals surface area (Å²) in [5.74, 6) is 2.32. The van der Waals surface area contributed by atoms with Crippen LogP contribution in [-0.2, 0) is 11.3 Å². The molecule has 3 aromatic rings. The fraction of sp³-hybridized carbons (Fsp3) is 0.417. The van der Waals surface area contributed by atoms with Crippen molar-refractivity contribution in [1.82, 2.24) is 14.9 Å². The summed E-state index contributed by atoms with van der Waals surface area (Å²) >= 11 is 0. The number of imidazole rings is 1. The normalized spacial score (nSPS) is 12.6. The minimum atomic E-state index is -0.451. The molecule has 1 heterocycles. The van der Waals surface area contributed by atoms with Crippen LogP contribution in [0.1, 0.15) is 46.0 Å². The number of methoxy groups -OCH3 is 1. The number of carbonyl (C=O) groups is 1. The first kappa shape index (κ1) is 21.7. The van der Waals surface area contributed by atoms with Crippen molar-refractivity contribution in [2.45, 2.75) is 46.7 Å². The monoisotopic (exact) mass is 409 g/mol. The molecule has 30 heavy (non-hydrogen) atoms. The number of aryl methyl sites for hydroxylation is 1. The van der Waals surface area contributed by atoms with Crippen LogP contribution in [0.25, 0.3) is 11.0 Å². The summed E-state index contributed by atoms with van der Waals surface area (Å²) < 4.78 is 13.4. The summed E-state index contributed by atoms with van der Waals surface area (Å²) in [6.07, 6.45) is 0.797. The van der Waals surface area contributed by atoms with Gasteiger partial charge in [0.15, 0.2) is 11.5 Å². The fourth-order valence-electron chi connectivity index (χ4n) is 3.28. The fourth-order valence-corrected chi connectivity index (χ4v) is 3.28. The zero-order valence-electron chi connectivity index (χ0n) is 18.4. The van der Waals surface area contributed by atoms with Crippen LogP contribution in [0.5, 0.6) is 11.5 Å². The van der Waals surface area contributed by atoms with Crippen molar-refractivity contribution in [2.75, 3.05) is 13.7 Å². The van der Waals surface area contributed by atoms with E-state index in [0.29, 0.717) is 6.61 Å². The third-order valence-electron chi connectivity index (χ3n) is 4.95. The number of amides is 1. The molecule has 1 atom stereocenters. The van der Waals surface area contributed by atoms with Crippen molar-refractivity contribution < 1.29 is 14.3 Å². The first-order valence-electron chi connectivity index (χ1n) is 10.3. The van der Waals surface area contributed by atoms with Crippen molar-refractivity contribution in [3.8, 4) is 11.5 Å². The molecule has 0 bridgehead atoms. The Balaban J connectivity index is 1.74. The maximum Gasteiger partial charge on any atom is 0.225 e. The lowest BCUT2D eigenvalue weighted by molar-refractivity contribution is -0.129. The van der Waals surface area contributed by atoms with Gasteiger partial charge in [-0.25, -0.2) is 4.98 Å². The molecule has 1 amide bonds. The lowest BCUT2D eigenvalue weighted by Gasteiger charge is -2.22. The molecule has 0 radical (unpaired) electrons. The molecule has 2 aromatic carbocycles. The average Bonchev–Trinajstić information content (AvgIpc) is 3.09. The summed E-state index contributed by atoms with van der Waals surface area (Å²) in [6, 6.07) is 15.5. The van der Waals surface area contributed by atoms with Crippen LogP contribution in [-0.4, -0.2) is 29.2 Å². The van der Waals surface area contributed by atoms with E-state index in [1.54, 1.807) is 7.11 Å². The van der Waals surface area contributed by atoms with E-state index in [1.165, 1.54) is 0 Å². The Morgan fingerprint density at radius 3 is 2.47 bits per heavy atom. The largest absolute Gasteiger partial charge is 0.493 e. The average molecular weight is 410 g/mol. The number of rotatable bonds is 8. The molecule has 0 saturated heterocycles. The van der Waals surface area contributed by atoms with E-state index in [9.17, 15) is 4.79 Å². The van der Waals surface area contributed by atoms with Crippen LogP contribution in [0.15, 0.2) is 48.5 Å². The number of para-hydroxylation sites is 4. The van der Waals surface area contributed by atoms with Gasteiger partial charge in [0.1, 0.15) is 5.82 Å². The standard InChI is InChI=1S/C24H31N3O3/c1-17(25-23(28)24(2,3)4)22-26-18-11-6-7-12-19(18)27(22)15-10-16-30-21-14-9-8-13-20(21)29-5/h6-9,11-14,17H,10,15-16H2,1-5H3,(H,25,28). The second-order valence-electron chi connectivity index (χ2n) is 8.41. The Morgan fingerprint density at radius 1 is 1.10 bits per heavy atom. The first-order valence-corrected chi connectivity index (χ1v) is 10.3. The summed E-state index contributed by atoms with van der Waals surface area (Å²) in [5.41, 5.74) is 1.53. The van der Waals surface area contributed by atoms with Gasteiger partial charge in [0, 0.05) is 12.0 Å². The van der Waals surface area contributed by atoms with Crippen LogP contribution in [0.2, 0.25) is 0 Å². The van der Waals surface area contributed by atoms with E-state index < -0.39 is 5.41 Å². The third-order valence-corrected chi connectivity index (χ3v) is 4.95. The number of benzene rings is 2. The van der Waals surface area contributed by atoms with Gasteiger partial charge in [-0.1, -0.05) is 45.0 Å². The van der Waals surface area contributed by atoms with Gasteiger partial charge in [0.05, 0.1) is 30.8 Å². The van der Waals surface area contributed by atoms with Gasteiger partial charge in [0.2, 0.25) is 5.91 Å². The van der Waals surface area contributed by atoms with Gasteiger partial charge in [-0.05, 0) is 37.6 Å². The highest BCUT2D eigenvalue weighted by Gasteiger charge is 2.25. The van der Waals surface area contributed by atoms with Crippen molar-refractivity contribution in [3.05, 3.63) is 54.4 Å². The van der Waals surface area contributed by atoms with Crippen LogP contribution in [0.3, 0.4) is 0 Å². The van der Waals surface area contributed by atoms with E-state index in [2.05, 4.69) is 16.0 Å². The molecule has 3 rings (SSSR count). The molecule has 0 aliphatic carbocycles. The van der Waals surface area contributed by atoms with E-state index >= 15 is 0 Å². The highest BCUT2D eigenvalue weighted by Crippen LogP contribution is 2.26. The zero-order valence-corrected chi connectivity index (χ0v) is 18.4. The van der Waals surface area contributed by atoms with Crippen molar-refractivity contribution in [3.63, 3.8) is 0 Å². The molecule has 0 saturated carbocycles. The Labute approximate surface area is 178 Å². The minimum Gasteiger partial charge on any atom is -0.493 e. The summed E-state index contributed by atoms with van der Waals surface area (Å²) in [5, 5.41) is 3.10. The Morgan fingerprint density at radius 2 is 1.77 bits per heavy atom. The molecule has 0 spiro atoms. The van der Waals surface area contributed by atoms with Crippen LogP contribution in [0.4, 0.5) is 0 Å². The van der Waals surface area contributed by atoms with Gasteiger partial charge in [-0.15, -0.1) is 0 Å². The van der Waals surface area contributed by atoms with E-state index in [4.69, 9.17) is 14.5 Å². The second kappa shape index (κ2) is 9.20. The number of aromatic nitrogens is 2. The number of carbonyl (C=O) groups excluding carboxylic acids is 1. The Bertz CT molecular complexity index is 1000. The summed E-state index contributed by atoms with van der Waals surface area (Å²) in [7, 11) is 1.64. The van der Waals surface area contributed by atoms with Crippen molar-refractivity contribution >= 4 is 16.9 Å². The Hall–Kier alpha value is -3.02. The van der Waals surface area contributed by atoms with E-state index in [-0.39, 0.29) is 11.9 Å². The molecule has 6 nitrogen and oxygen atoms in total. The molecular weight excluding hydrogens is 378 g/mol. The summed E-state index contributed by atoms with van der Waals surface area (Å²) in [6.45, 7) is 9.00. The summed E-state index contributed by atoms with van der Waals surface area (Å²) in [4.78, 5) is 17.3. The number of fused-ring (bicyclic) bond motifs is 1. The molecule has 0 aliphatic rings. The number of nitrogens with zero attached hydrogens (tertiary/aromatic N) is 2. The number of hydrogen-bond donors (Lipinski definition) is 1. The molecule has 1 unspecified atom stereocenters. The van der Waals surface area contributed by atoms with Crippen LogP contribution >= 0.6 is 0 Å². The first-order chi connectivity index (χ1) is 14.3.